The van der Waals surface area contributed by atoms with E-state index >= 15 is 0 Å². The molecular weight excluding hydrogens is 421 g/mol. The number of nitrogens with one attached hydrogen (secondary N) is 1. The van der Waals surface area contributed by atoms with Crippen molar-refractivity contribution in [3.63, 3.8) is 0 Å². The molecule has 1 heterocycles. The minimum atomic E-state index is 0. The molecule has 0 amide bonds. The number of halogens is 1. The molecule has 7 heteroatoms. The Morgan fingerprint density at radius 2 is 2.12 bits per heavy atom. The molecule has 0 atom stereocenters. The number of hydrogen-bond donors (Lipinski definition) is 1. The van der Waals surface area contributed by atoms with Crippen molar-refractivity contribution in [3.05, 3.63) is 23.8 Å². The quantitative estimate of drug-likeness (QED) is 0.301. The van der Waals surface area contributed by atoms with Gasteiger partial charge in [-0.25, -0.2) is 0 Å². The van der Waals surface area contributed by atoms with Gasteiger partial charge in [-0.05, 0) is 36.5 Å². The third kappa shape index (κ3) is 5.41. The average Bonchev–Trinajstić information content (AvgIpc) is 3.26. The number of ether oxygens (including phenoxy) is 3. The predicted molar refractivity (Wildman–Crippen MR) is 104 cm³/mol. The fourth-order valence-electron chi connectivity index (χ4n) is 2.54. The second kappa shape index (κ2) is 9.31. The van der Waals surface area contributed by atoms with E-state index in [4.69, 9.17) is 14.2 Å². The van der Waals surface area contributed by atoms with E-state index in [9.17, 15) is 0 Å². The van der Waals surface area contributed by atoms with Crippen molar-refractivity contribution < 1.29 is 14.2 Å². The number of fused-ring (bicyclic) bond motifs is 1. The normalized spacial score (nSPS) is 15.8. The van der Waals surface area contributed by atoms with Crippen molar-refractivity contribution in [2.24, 2.45) is 10.9 Å². The van der Waals surface area contributed by atoms with Crippen molar-refractivity contribution >= 4 is 29.9 Å². The maximum Gasteiger partial charge on any atom is 0.231 e. The molecule has 2 aliphatic rings. The molecule has 24 heavy (non-hydrogen) atoms. The van der Waals surface area contributed by atoms with Crippen molar-refractivity contribution in [3.8, 4) is 11.5 Å². The molecule has 3 rings (SSSR count). The summed E-state index contributed by atoms with van der Waals surface area (Å²) >= 11 is 0. The molecular formula is C17H26IN3O3. The second-order valence-electron chi connectivity index (χ2n) is 6.04. The van der Waals surface area contributed by atoms with Crippen LogP contribution in [0.3, 0.4) is 0 Å². The van der Waals surface area contributed by atoms with E-state index in [0.717, 1.165) is 48.6 Å². The summed E-state index contributed by atoms with van der Waals surface area (Å²) in [5.41, 5.74) is 1.16. The molecule has 0 radical (unpaired) electrons. The Kier molecular flexibility index (Phi) is 7.41. The minimum Gasteiger partial charge on any atom is -0.454 e. The summed E-state index contributed by atoms with van der Waals surface area (Å²) in [7, 11) is 3.81. The van der Waals surface area contributed by atoms with Crippen molar-refractivity contribution in [2.45, 2.75) is 19.4 Å². The summed E-state index contributed by atoms with van der Waals surface area (Å²) < 4.78 is 16.4. The largest absolute Gasteiger partial charge is 0.454 e. The first-order valence-electron chi connectivity index (χ1n) is 8.14. The standard InChI is InChI=1S/C17H25N3O3.HI/c1-18-17(19-7-8-21-11-13-3-4-13)20(2)10-14-5-6-15-16(9-14)23-12-22-15;/h5-6,9,13H,3-4,7-8,10-12H2,1-2H3,(H,18,19);1H. The molecule has 1 aliphatic carbocycles. The second-order valence-corrected chi connectivity index (χ2v) is 6.04. The maximum absolute atomic E-state index is 5.63. The topological polar surface area (TPSA) is 55.3 Å². The number of nitrogens with zero attached hydrogens (tertiary/aromatic N) is 2. The van der Waals surface area contributed by atoms with Crippen LogP contribution in [-0.2, 0) is 11.3 Å². The van der Waals surface area contributed by atoms with Crippen LogP contribution in [0.1, 0.15) is 18.4 Å². The van der Waals surface area contributed by atoms with Gasteiger partial charge >= 0.3 is 0 Å². The van der Waals surface area contributed by atoms with Gasteiger partial charge in [0.15, 0.2) is 17.5 Å². The van der Waals surface area contributed by atoms with Gasteiger partial charge in [0.1, 0.15) is 0 Å². The van der Waals surface area contributed by atoms with Crippen molar-refractivity contribution in [2.75, 3.05) is 40.6 Å². The van der Waals surface area contributed by atoms with E-state index in [2.05, 4.69) is 21.3 Å². The van der Waals surface area contributed by atoms with Crippen LogP contribution in [0.2, 0.25) is 0 Å². The highest BCUT2D eigenvalue weighted by atomic mass is 127. The Labute approximate surface area is 160 Å². The van der Waals surface area contributed by atoms with Gasteiger partial charge in [0.2, 0.25) is 6.79 Å². The predicted octanol–water partition coefficient (Wildman–Crippen LogP) is 2.47. The van der Waals surface area contributed by atoms with Crippen LogP contribution in [0.4, 0.5) is 0 Å². The molecule has 1 fully saturated rings. The molecule has 0 bridgehead atoms. The smallest absolute Gasteiger partial charge is 0.231 e. The number of guanidine groups is 1. The zero-order valence-electron chi connectivity index (χ0n) is 14.3. The van der Waals surface area contributed by atoms with Crippen LogP contribution < -0.4 is 14.8 Å². The molecule has 0 aromatic heterocycles. The van der Waals surface area contributed by atoms with Crippen LogP contribution in [0.15, 0.2) is 23.2 Å². The summed E-state index contributed by atoms with van der Waals surface area (Å²) in [6.45, 7) is 3.43. The monoisotopic (exact) mass is 447 g/mol. The fourth-order valence-corrected chi connectivity index (χ4v) is 2.54. The summed E-state index contributed by atoms with van der Waals surface area (Å²) in [4.78, 5) is 6.40. The third-order valence-electron chi connectivity index (χ3n) is 4.01. The van der Waals surface area contributed by atoms with Gasteiger partial charge in [-0.1, -0.05) is 6.07 Å². The molecule has 1 N–H and O–H groups in total. The van der Waals surface area contributed by atoms with E-state index in [-0.39, 0.29) is 24.0 Å². The summed E-state index contributed by atoms with van der Waals surface area (Å²) in [5.74, 6) is 3.29. The molecule has 6 nitrogen and oxygen atoms in total. The maximum atomic E-state index is 5.63. The van der Waals surface area contributed by atoms with Gasteiger partial charge in [-0.15, -0.1) is 24.0 Å². The highest BCUT2D eigenvalue weighted by molar-refractivity contribution is 14.0. The molecule has 134 valence electrons. The number of hydrogen-bond acceptors (Lipinski definition) is 4. The highest BCUT2D eigenvalue weighted by Crippen LogP contribution is 2.32. The first kappa shape index (κ1) is 19.1. The Bertz CT molecular complexity index is 564. The zero-order chi connectivity index (χ0) is 16.1. The van der Waals surface area contributed by atoms with Crippen molar-refractivity contribution in [1.82, 2.24) is 10.2 Å². The van der Waals surface area contributed by atoms with Gasteiger partial charge < -0.3 is 24.4 Å². The first-order valence-corrected chi connectivity index (χ1v) is 8.14. The van der Waals surface area contributed by atoms with Gasteiger partial charge in [0, 0.05) is 33.8 Å². The third-order valence-corrected chi connectivity index (χ3v) is 4.01. The molecule has 1 aliphatic heterocycles. The Morgan fingerprint density at radius 3 is 2.88 bits per heavy atom. The van der Waals surface area contributed by atoms with E-state index in [1.54, 1.807) is 7.05 Å². The minimum absolute atomic E-state index is 0. The molecule has 1 saturated carbocycles. The first-order chi connectivity index (χ1) is 11.3. The average molecular weight is 447 g/mol. The number of aliphatic imine (C=N–C) groups is 1. The molecule has 0 unspecified atom stereocenters. The summed E-state index contributed by atoms with van der Waals surface area (Å²) in [5, 5.41) is 3.33. The van der Waals surface area contributed by atoms with Crippen LogP contribution in [0.5, 0.6) is 11.5 Å². The van der Waals surface area contributed by atoms with Gasteiger partial charge in [-0.2, -0.15) is 0 Å². The Balaban J connectivity index is 0.00000208. The lowest BCUT2D eigenvalue weighted by atomic mass is 10.2. The molecule has 1 aromatic rings. The summed E-state index contributed by atoms with van der Waals surface area (Å²) in [6, 6.07) is 6.02. The van der Waals surface area contributed by atoms with E-state index in [1.807, 2.05) is 19.2 Å². The van der Waals surface area contributed by atoms with Gasteiger partial charge in [0.05, 0.1) is 6.61 Å². The zero-order valence-corrected chi connectivity index (χ0v) is 16.6. The lowest BCUT2D eigenvalue weighted by Crippen LogP contribution is -2.40. The summed E-state index contributed by atoms with van der Waals surface area (Å²) in [6.07, 6.45) is 2.65. The SMILES string of the molecule is CN=C(NCCOCC1CC1)N(C)Cc1ccc2c(c1)OCO2.I. The number of benzene rings is 1. The van der Waals surface area contributed by atoms with Crippen molar-refractivity contribution in [1.29, 1.82) is 0 Å². The van der Waals surface area contributed by atoms with Crippen LogP contribution >= 0.6 is 24.0 Å². The highest BCUT2D eigenvalue weighted by Gasteiger charge is 2.21. The van der Waals surface area contributed by atoms with E-state index in [1.165, 1.54) is 12.8 Å². The Morgan fingerprint density at radius 1 is 1.33 bits per heavy atom. The Hall–Kier alpha value is -1.22. The van der Waals surface area contributed by atoms with Crippen LogP contribution in [0, 0.1) is 5.92 Å². The van der Waals surface area contributed by atoms with Gasteiger partial charge in [0.25, 0.3) is 0 Å². The van der Waals surface area contributed by atoms with Crippen LogP contribution in [0.25, 0.3) is 0 Å². The van der Waals surface area contributed by atoms with E-state index < -0.39 is 0 Å². The lowest BCUT2D eigenvalue weighted by molar-refractivity contribution is 0.128. The number of rotatable bonds is 7. The van der Waals surface area contributed by atoms with E-state index in [0.29, 0.717) is 13.4 Å². The fraction of sp³-hybridized carbons (Fsp3) is 0.588. The molecule has 0 saturated heterocycles. The van der Waals surface area contributed by atoms with Gasteiger partial charge in [-0.3, -0.25) is 4.99 Å². The molecule has 1 aromatic carbocycles. The molecule has 0 spiro atoms. The van der Waals surface area contributed by atoms with Crippen LogP contribution in [-0.4, -0.2) is 51.5 Å². The lowest BCUT2D eigenvalue weighted by Gasteiger charge is -2.22.